The molecule has 13 heteroatoms. The van der Waals surface area contributed by atoms with E-state index < -0.39 is 29.7 Å². The number of carbonyl (C=O) groups is 2. The summed E-state index contributed by atoms with van der Waals surface area (Å²) in [6.07, 6.45) is 0.817. The summed E-state index contributed by atoms with van der Waals surface area (Å²) < 4.78 is 43.7. The molecule has 0 bridgehead atoms. The number of carbonyl (C=O) groups excluding carboxylic acids is 2. The number of hydrogen-bond donors (Lipinski definition) is 2. The van der Waals surface area contributed by atoms with Crippen molar-refractivity contribution in [2.24, 2.45) is 5.73 Å². The number of nitrogens with two attached hydrogens (primary N) is 1. The Kier molecular flexibility index (Phi) is 9.81. The lowest BCUT2D eigenvalue weighted by atomic mass is 9.99. The molecule has 230 valence electrons. The van der Waals surface area contributed by atoms with Crippen LogP contribution >= 0.6 is 11.8 Å². The van der Waals surface area contributed by atoms with Crippen LogP contribution in [0.5, 0.6) is 0 Å². The summed E-state index contributed by atoms with van der Waals surface area (Å²) in [5.74, 6) is -1.34. The zero-order valence-corrected chi connectivity index (χ0v) is 24.6. The summed E-state index contributed by atoms with van der Waals surface area (Å²) in [6.45, 7) is 5.59. The van der Waals surface area contributed by atoms with Crippen molar-refractivity contribution in [2.75, 3.05) is 51.6 Å². The molecule has 3 N–H and O–H groups in total. The van der Waals surface area contributed by atoms with Crippen molar-refractivity contribution < 1.29 is 27.9 Å². The second-order valence-electron chi connectivity index (χ2n) is 11.4. The molecule has 3 aliphatic rings. The zero-order chi connectivity index (χ0) is 29.9. The van der Waals surface area contributed by atoms with Crippen LogP contribution in [0.3, 0.4) is 0 Å². The van der Waals surface area contributed by atoms with E-state index in [4.69, 9.17) is 10.8 Å². The predicted octanol–water partition coefficient (Wildman–Crippen LogP) is 2.97. The van der Waals surface area contributed by atoms with Crippen LogP contribution in [0.1, 0.15) is 48.9 Å². The topological polar surface area (TPSA) is 108 Å². The van der Waals surface area contributed by atoms with Gasteiger partial charge in [-0.2, -0.15) is 18.3 Å². The number of aliphatic hydroxyl groups is 1. The number of piperidine rings is 1. The van der Waals surface area contributed by atoms with E-state index in [2.05, 4.69) is 9.80 Å². The molecule has 4 heterocycles. The highest BCUT2D eigenvalue weighted by Crippen LogP contribution is 2.40. The van der Waals surface area contributed by atoms with E-state index in [0.29, 0.717) is 35.5 Å². The van der Waals surface area contributed by atoms with Crippen LogP contribution in [0, 0.1) is 0 Å². The van der Waals surface area contributed by atoms with Crippen molar-refractivity contribution in [1.29, 1.82) is 0 Å². The smallest absolute Gasteiger partial charge is 0.390 e. The minimum Gasteiger partial charge on any atom is -0.390 e. The number of amides is 2. The van der Waals surface area contributed by atoms with E-state index in [1.54, 1.807) is 4.68 Å². The largest absolute Gasteiger partial charge is 0.417 e. The molecule has 9 nitrogen and oxygen atoms in total. The number of aromatic nitrogens is 2. The number of nitrogens with zero attached hydrogens (tertiary/aromatic N) is 5. The molecule has 2 aromatic rings. The molecule has 2 saturated heterocycles. The van der Waals surface area contributed by atoms with Gasteiger partial charge >= 0.3 is 18.0 Å². The van der Waals surface area contributed by atoms with Gasteiger partial charge in [0, 0.05) is 53.5 Å². The van der Waals surface area contributed by atoms with Crippen molar-refractivity contribution >= 4 is 23.6 Å². The zero-order valence-electron chi connectivity index (χ0n) is 23.7. The van der Waals surface area contributed by atoms with E-state index >= 15 is 0 Å². The highest BCUT2D eigenvalue weighted by atomic mass is 32.2. The highest BCUT2D eigenvalue weighted by molar-refractivity contribution is 7.99. The lowest BCUT2D eigenvalue weighted by Gasteiger charge is -2.29. The van der Waals surface area contributed by atoms with Crippen molar-refractivity contribution in [1.82, 2.24) is 24.5 Å². The molecule has 2 fully saturated rings. The van der Waals surface area contributed by atoms with Gasteiger partial charge < -0.3 is 25.5 Å². The van der Waals surface area contributed by atoms with Gasteiger partial charge in [-0.15, -0.1) is 11.8 Å². The lowest BCUT2D eigenvalue weighted by Crippen LogP contribution is -2.43. The monoisotopic (exact) mass is 608 g/mol. The Balaban J connectivity index is 1.45. The number of rotatable bonds is 9. The van der Waals surface area contributed by atoms with Gasteiger partial charge in [0.05, 0.1) is 30.5 Å². The fourth-order valence-electron chi connectivity index (χ4n) is 6.21. The summed E-state index contributed by atoms with van der Waals surface area (Å²) in [5, 5.41) is 15.7. The van der Waals surface area contributed by atoms with Crippen LogP contribution in [0.2, 0.25) is 0 Å². The molecule has 0 saturated carbocycles. The van der Waals surface area contributed by atoms with Crippen LogP contribution in [-0.2, 0) is 35.3 Å². The van der Waals surface area contributed by atoms with Crippen LogP contribution in [0.15, 0.2) is 23.1 Å². The summed E-state index contributed by atoms with van der Waals surface area (Å²) in [5.41, 5.74) is 6.99. The molecular weight excluding hydrogens is 569 g/mol. The maximum absolute atomic E-state index is 14.0. The molecule has 1 aromatic heterocycles. The van der Waals surface area contributed by atoms with Gasteiger partial charge in [0.15, 0.2) is 0 Å². The molecule has 0 aliphatic carbocycles. The number of thioether (sulfide) groups is 1. The van der Waals surface area contributed by atoms with E-state index in [-0.39, 0.29) is 24.5 Å². The quantitative estimate of drug-likeness (QED) is 0.333. The summed E-state index contributed by atoms with van der Waals surface area (Å²) in [7, 11) is 0. The van der Waals surface area contributed by atoms with E-state index in [0.717, 1.165) is 70.2 Å². The third kappa shape index (κ3) is 7.29. The molecule has 1 aromatic carbocycles. The minimum atomic E-state index is -4.50. The van der Waals surface area contributed by atoms with Gasteiger partial charge in [-0.3, -0.25) is 14.3 Å². The number of likely N-dealkylation sites (tertiary alicyclic amines) is 2. The van der Waals surface area contributed by atoms with Crippen LogP contribution < -0.4 is 5.73 Å². The van der Waals surface area contributed by atoms with Gasteiger partial charge in [-0.1, -0.05) is 12.5 Å². The number of alkyl halides is 3. The standard InChI is InChI=1S/C29H39F3N6O3S/c30-29(31,32)23-7-6-20(16-25(23)42-15-14-35-9-4-5-10-35)26-22-19-37(28(41)27(33)40)13-8-24(22)38(34-26)18-21(39)17-36-11-2-1-3-12-36/h6-7,16,21,39H,1-5,8-15,17-19H2,(H2,33,40). The molecule has 1 unspecified atom stereocenters. The van der Waals surface area contributed by atoms with Crippen molar-refractivity contribution in [2.45, 2.75) is 68.8 Å². The van der Waals surface area contributed by atoms with Gasteiger partial charge in [0.1, 0.15) is 0 Å². The lowest BCUT2D eigenvalue weighted by molar-refractivity contribution is -0.144. The van der Waals surface area contributed by atoms with E-state index in [9.17, 15) is 27.9 Å². The molecule has 42 heavy (non-hydrogen) atoms. The van der Waals surface area contributed by atoms with Crippen LogP contribution in [-0.4, -0.2) is 99.1 Å². The number of halogens is 3. The van der Waals surface area contributed by atoms with Gasteiger partial charge in [-0.25, -0.2) is 0 Å². The third-order valence-electron chi connectivity index (χ3n) is 8.36. The number of benzene rings is 1. The van der Waals surface area contributed by atoms with Crippen LogP contribution in [0.4, 0.5) is 13.2 Å². The normalized spacial score (nSPS) is 19.2. The number of β-amino-alcohol motifs (C(OH)–C–C–N with tert-alkyl or cyclic N) is 1. The van der Waals surface area contributed by atoms with Gasteiger partial charge in [-0.05, 0) is 64.0 Å². The maximum atomic E-state index is 14.0. The van der Waals surface area contributed by atoms with Crippen molar-refractivity contribution in [3.63, 3.8) is 0 Å². The number of aliphatic hydroxyl groups excluding tert-OH is 1. The summed E-state index contributed by atoms with van der Waals surface area (Å²) in [6, 6.07) is 4.04. The van der Waals surface area contributed by atoms with Gasteiger partial charge in [0.2, 0.25) is 0 Å². The molecular formula is C29H39F3N6O3S. The Morgan fingerprint density at radius 3 is 2.38 bits per heavy atom. The number of hydrogen-bond acceptors (Lipinski definition) is 7. The Bertz CT molecular complexity index is 1270. The first-order valence-electron chi connectivity index (χ1n) is 14.7. The predicted molar refractivity (Wildman–Crippen MR) is 154 cm³/mol. The van der Waals surface area contributed by atoms with E-state index in [1.165, 1.54) is 35.2 Å². The Hall–Kier alpha value is -2.61. The van der Waals surface area contributed by atoms with Crippen molar-refractivity contribution in [3.05, 3.63) is 35.0 Å². The second-order valence-corrected chi connectivity index (χ2v) is 12.6. The molecule has 3 aliphatic heterocycles. The molecule has 1 atom stereocenters. The summed E-state index contributed by atoms with van der Waals surface area (Å²) in [4.78, 5) is 30.1. The minimum absolute atomic E-state index is 0.0626. The summed E-state index contributed by atoms with van der Waals surface area (Å²) >= 11 is 1.19. The number of primary amides is 1. The van der Waals surface area contributed by atoms with E-state index in [1.807, 2.05) is 0 Å². The molecule has 0 spiro atoms. The third-order valence-corrected chi connectivity index (χ3v) is 9.39. The molecule has 2 amide bonds. The Labute approximate surface area is 248 Å². The van der Waals surface area contributed by atoms with Crippen LogP contribution in [0.25, 0.3) is 11.3 Å². The second kappa shape index (κ2) is 13.4. The molecule has 5 rings (SSSR count). The van der Waals surface area contributed by atoms with Gasteiger partial charge in [0.25, 0.3) is 0 Å². The SMILES string of the molecule is NC(=O)C(=O)N1CCc2c(c(-c3ccc(C(F)(F)F)c(SCCN4CCCC4)c3)nn2CC(O)CN2CCCCC2)C1. The first kappa shape index (κ1) is 30.8. The first-order valence-corrected chi connectivity index (χ1v) is 15.7. The first-order chi connectivity index (χ1) is 20.1. The Morgan fingerprint density at radius 1 is 1.00 bits per heavy atom. The highest BCUT2D eigenvalue weighted by Gasteiger charge is 2.35. The Morgan fingerprint density at radius 2 is 1.69 bits per heavy atom. The average molecular weight is 609 g/mol. The average Bonchev–Trinajstić information content (AvgIpc) is 3.60. The maximum Gasteiger partial charge on any atom is 0.417 e. The molecule has 0 radical (unpaired) electrons. The fourth-order valence-corrected chi connectivity index (χ4v) is 7.33. The number of fused-ring (bicyclic) bond motifs is 1. The fraction of sp³-hybridized carbons (Fsp3) is 0.621. The van der Waals surface area contributed by atoms with Crippen molar-refractivity contribution in [3.8, 4) is 11.3 Å².